The first-order valence-corrected chi connectivity index (χ1v) is 11.5. The van der Waals surface area contributed by atoms with E-state index in [1.54, 1.807) is 48.2 Å². The van der Waals surface area contributed by atoms with E-state index in [9.17, 15) is 8.78 Å². The Hall–Kier alpha value is -4.15. The number of pyridine rings is 1. The van der Waals surface area contributed by atoms with Gasteiger partial charge in [-0.1, -0.05) is 30.3 Å². The van der Waals surface area contributed by atoms with Crippen molar-refractivity contribution < 1.29 is 18.3 Å². The molecule has 188 valence electrons. The average molecular weight is 523 g/mol. The third kappa shape index (κ3) is 4.68. The third-order valence-electron chi connectivity index (χ3n) is 5.91. The minimum atomic E-state index is -3.30. The number of hydrogen-bond acceptors (Lipinski definition) is 7. The average Bonchev–Trinajstić information content (AvgIpc) is 3.33. The SMILES string of the molecule is C=CC(F)(F)C(N)c1ccc(-c2ccc3nnc(COc4ccnc5cc(OC)ccc45)n3n2)cc1Cl. The molecule has 11 heteroatoms. The number of nitrogens with two attached hydrogens (primary N) is 1. The standard InChI is InChI=1S/C26H21ClF2N6O2/c1-3-26(28,29)25(30)17-6-4-15(12-19(17)27)20-8-9-23-32-33-24(35(23)34-20)14-37-22-10-11-31-21-13-16(36-2)5-7-18(21)22/h3-13,25H,1,14,30H2,2H3. The van der Waals surface area contributed by atoms with E-state index in [1.807, 2.05) is 18.2 Å². The Morgan fingerprint density at radius 2 is 1.97 bits per heavy atom. The van der Waals surface area contributed by atoms with Crippen molar-refractivity contribution >= 4 is 28.2 Å². The quantitative estimate of drug-likeness (QED) is 0.272. The number of fused-ring (bicyclic) bond motifs is 2. The molecule has 5 aromatic rings. The summed E-state index contributed by atoms with van der Waals surface area (Å²) in [7, 11) is 1.60. The normalized spacial score (nSPS) is 12.6. The van der Waals surface area contributed by atoms with Gasteiger partial charge in [-0.2, -0.15) is 18.4 Å². The Balaban J connectivity index is 1.42. The molecule has 0 aliphatic carbocycles. The summed E-state index contributed by atoms with van der Waals surface area (Å²) in [4.78, 5) is 4.36. The van der Waals surface area contributed by atoms with Crippen LogP contribution in [0.2, 0.25) is 5.02 Å². The highest BCUT2D eigenvalue weighted by Crippen LogP contribution is 2.36. The molecule has 3 heterocycles. The Labute approximate surface area is 215 Å². The summed E-state index contributed by atoms with van der Waals surface area (Å²) in [6.07, 6.45) is 2.16. The van der Waals surface area contributed by atoms with E-state index < -0.39 is 12.0 Å². The number of alkyl halides is 2. The van der Waals surface area contributed by atoms with Gasteiger partial charge in [0.05, 0.1) is 24.4 Å². The Morgan fingerprint density at radius 3 is 2.73 bits per heavy atom. The Bertz CT molecular complexity index is 1620. The second-order valence-corrected chi connectivity index (χ2v) is 8.59. The number of ether oxygens (including phenoxy) is 2. The summed E-state index contributed by atoms with van der Waals surface area (Å²) in [5.74, 6) is -1.52. The zero-order valence-electron chi connectivity index (χ0n) is 19.6. The van der Waals surface area contributed by atoms with Gasteiger partial charge >= 0.3 is 0 Å². The predicted molar refractivity (Wildman–Crippen MR) is 136 cm³/mol. The molecule has 1 atom stereocenters. The van der Waals surface area contributed by atoms with Gasteiger partial charge in [0.2, 0.25) is 0 Å². The topological polar surface area (TPSA) is 100 Å². The molecule has 0 amide bonds. The van der Waals surface area contributed by atoms with Crippen LogP contribution in [0.4, 0.5) is 8.78 Å². The van der Waals surface area contributed by atoms with E-state index >= 15 is 0 Å². The number of hydrogen-bond donors (Lipinski definition) is 1. The molecule has 0 bridgehead atoms. The first-order valence-electron chi connectivity index (χ1n) is 11.1. The van der Waals surface area contributed by atoms with Gasteiger partial charge in [-0.3, -0.25) is 4.98 Å². The molecule has 0 fully saturated rings. The molecule has 0 saturated carbocycles. The van der Waals surface area contributed by atoms with E-state index in [0.29, 0.717) is 40.3 Å². The lowest BCUT2D eigenvalue weighted by Gasteiger charge is -2.21. The van der Waals surface area contributed by atoms with E-state index in [0.717, 1.165) is 10.9 Å². The minimum absolute atomic E-state index is 0.0912. The van der Waals surface area contributed by atoms with Crippen LogP contribution in [0.1, 0.15) is 17.4 Å². The molecule has 2 N–H and O–H groups in total. The maximum atomic E-state index is 14.0. The molecule has 0 aliphatic heterocycles. The van der Waals surface area contributed by atoms with E-state index in [-0.39, 0.29) is 17.2 Å². The molecule has 5 rings (SSSR count). The van der Waals surface area contributed by atoms with Gasteiger partial charge in [-0.05, 0) is 48.0 Å². The number of rotatable bonds is 8. The number of aromatic nitrogens is 5. The summed E-state index contributed by atoms with van der Waals surface area (Å²) in [6, 6.07) is 13.8. The van der Waals surface area contributed by atoms with Crippen molar-refractivity contribution in [3.8, 4) is 22.8 Å². The zero-order valence-corrected chi connectivity index (χ0v) is 20.4. The molecule has 0 saturated heterocycles. The summed E-state index contributed by atoms with van der Waals surface area (Å²) < 4.78 is 40.8. The first kappa shape index (κ1) is 24.5. The van der Waals surface area contributed by atoms with Crippen LogP contribution in [0, 0.1) is 0 Å². The van der Waals surface area contributed by atoms with Gasteiger partial charge in [-0.15, -0.1) is 10.2 Å². The molecule has 0 spiro atoms. The van der Waals surface area contributed by atoms with Crippen molar-refractivity contribution in [2.24, 2.45) is 5.73 Å². The number of nitrogens with zero attached hydrogens (tertiary/aromatic N) is 5. The monoisotopic (exact) mass is 522 g/mol. The lowest BCUT2D eigenvalue weighted by Crippen LogP contribution is -2.30. The van der Waals surface area contributed by atoms with Crippen LogP contribution in [0.3, 0.4) is 0 Å². The largest absolute Gasteiger partial charge is 0.497 e. The van der Waals surface area contributed by atoms with Crippen LogP contribution in [0.15, 0.2) is 73.4 Å². The first-order chi connectivity index (χ1) is 17.8. The Kier molecular flexibility index (Phi) is 6.45. The van der Waals surface area contributed by atoms with Crippen LogP contribution in [0.25, 0.3) is 27.8 Å². The van der Waals surface area contributed by atoms with Crippen molar-refractivity contribution in [2.45, 2.75) is 18.6 Å². The van der Waals surface area contributed by atoms with E-state index in [4.69, 9.17) is 26.8 Å². The van der Waals surface area contributed by atoms with Crippen molar-refractivity contribution in [1.29, 1.82) is 0 Å². The van der Waals surface area contributed by atoms with Gasteiger partial charge in [0, 0.05) is 28.2 Å². The minimum Gasteiger partial charge on any atom is -0.497 e. The van der Waals surface area contributed by atoms with Gasteiger partial charge < -0.3 is 15.2 Å². The number of benzene rings is 2. The smallest absolute Gasteiger partial charge is 0.285 e. The lowest BCUT2D eigenvalue weighted by atomic mass is 9.99. The highest BCUT2D eigenvalue weighted by atomic mass is 35.5. The molecule has 1 unspecified atom stereocenters. The number of halogens is 3. The van der Waals surface area contributed by atoms with Crippen LogP contribution in [-0.4, -0.2) is 37.8 Å². The lowest BCUT2D eigenvalue weighted by molar-refractivity contribution is 0.0262. The third-order valence-corrected chi connectivity index (χ3v) is 6.24. The molecule has 2 aromatic carbocycles. The molecule has 3 aromatic heterocycles. The maximum Gasteiger partial charge on any atom is 0.285 e. The van der Waals surface area contributed by atoms with Crippen molar-refractivity contribution in [1.82, 2.24) is 24.8 Å². The van der Waals surface area contributed by atoms with Crippen LogP contribution in [0.5, 0.6) is 11.5 Å². The predicted octanol–water partition coefficient (Wildman–Crippen LogP) is 5.40. The molecule has 0 aliphatic rings. The second-order valence-electron chi connectivity index (χ2n) is 8.18. The van der Waals surface area contributed by atoms with Gasteiger partial charge in [0.15, 0.2) is 11.5 Å². The van der Waals surface area contributed by atoms with Crippen molar-refractivity contribution in [3.63, 3.8) is 0 Å². The summed E-state index contributed by atoms with van der Waals surface area (Å²) >= 11 is 6.31. The summed E-state index contributed by atoms with van der Waals surface area (Å²) in [6.45, 7) is 3.24. The zero-order chi connectivity index (χ0) is 26.2. The van der Waals surface area contributed by atoms with Gasteiger partial charge in [0.25, 0.3) is 5.92 Å². The molecule has 37 heavy (non-hydrogen) atoms. The molecule has 0 radical (unpaired) electrons. The highest BCUT2D eigenvalue weighted by Gasteiger charge is 2.35. The van der Waals surface area contributed by atoms with Crippen LogP contribution >= 0.6 is 11.6 Å². The molecular formula is C26H21ClF2N6O2. The Morgan fingerprint density at radius 1 is 1.14 bits per heavy atom. The fraction of sp³-hybridized carbons (Fsp3) is 0.154. The summed E-state index contributed by atoms with van der Waals surface area (Å²) in [5.41, 5.74) is 8.22. The summed E-state index contributed by atoms with van der Waals surface area (Å²) in [5, 5.41) is 13.9. The molecule has 8 nitrogen and oxygen atoms in total. The highest BCUT2D eigenvalue weighted by molar-refractivity contribution is 6.31. The van der Waals surface area contributed by atoms with Crippen LogP contribution in [-0.2, 0) is 6.61 Å². The van der Waals surface area contributed by atoms with Crippen molar-refractivity contribution in [2.75, 3.05) is 7.11 Å². The van der Waals surface area contributed by atoms with Crippen LogP contribution < -0.4 is 15.2 Å². The van der Waals surface area contributed by atoms with E-state index in [1.165, 1.54) is 6.07 Å². The van der Waals surface area contributed by atoms with Gasteiger partial charge in [-0.25, -0.2) is 0 Å². The van der Waals surface area contributed by atoms with Gasteiger partial charge in [0.1, 0.15) is 18.1 Å². The van der Waals surface area contributed by atoms with Crippen molar-refractivity contribution in [3.05, 3.63) is 89.9 Å². The fourth-order valence-corrected chi connectivity index (χ4v) is 4.15. The maximum absolute atomic E-state index is 14.0. The second kappa shape index (κ2) is 9.72. The fourth-order valence-electron chi connectivity index (χ4n) is 3.85. The molecular weight excluding hydrogens is 502 g/mol. The van der Waals surface area contributed by atoms with E-state index in [2.05, 4.69) is 26.9 Å². The number of methoxy groups -OCH3 is 1.